The van der Waals surface area contributed by atoms with Crippen molar-refractivity contribution in [2.24, 2.45) is 5.41 Å². The van der Waals surface area contributed by atoms with E-state index in [1.54, 1.807) is 23.1 Å². The van der Waals surface area contributed by atoms with E-state index in [0.717, 1.165) is 12.8 Å². The Balaban J connectivity index is 1.80. The molecule has 0 radical (unpaired) electrons. The molecule has 1 unspecified atom stereocenters. The number of carbonyl (C=O) groups is 1. The summed E-state index contributed by atoms with van der Waals surface area (Å²) in [6.45, 7) is 2.75. The Morgan fingerprint density at radius 2 is 2.00 bits per heavy atom. The van der Waals surface area contributed by atoms with Crippen LogP contribution in [0.25, 0.3) is 0 Å². The molecule has 1 atom stereocenters. The van der Waals surface area contributed by atoms with Crippen LogP contribution in [0.15, 0.2) is 29.2 Å². The first-order chi connectivity index (χ1) is 9.84. The number of halogens is 1. The zero-order valence-corrected chi connectivity index (χ0v) is 13.5. The molecule has 2 aliphatic rings. The minimum atomic E-state index is -3.49. The number of sulfone groups is 1. The Morgan fingerprint density at radius 3 is 2.62 bits per heavy atom. The Bertz CT molecular complexity index is 682. The van der Waals surface area contributed by atoms with E-state index >= 15 is 0 Å². The number of carbonyl (C=O) groups excluding carboxylic acids is 1. The van der Waals surface area contributed by atoms with Crippen LogP contribution >= 0.6 is 11.6 Å². The summed E-state index contributed by atoms with van der Waals surface area (Å²) in [6, 6.07) is 6.49. The van der Waals surface area contributed by atoms with Crippen LogP contribution in [-0.2, 0) is 14.6 Å². The number of nitrogens with zero attached hydrogens (tertiary/aromatic N) is 1. The summed E-state index contributed by atoms with van der Waals surface area (Å²) < 4.78 is 25.3. The van der Waals surface area contributed by atoms with E-state index < -0.39 is 15.1 Å². The average Bonchev–Trinajstić information content (AvgIpc) is 3.02. The lowest BCUT2D eigenvalue weighted by Gasteiger charge is -2.20. The first-order valence-electron chi connectivity index (χ1n) is 7.12. The zero-order chi connectivity index (χ0) is 15.3. The summed E-state index contributed by atoms with van der Waals surface area (Å²) in [5.74, 6) is 0.0966. The van der Waals surface area contributed by atoms with E-state index in [1.165, 1.54) is 6.07 Å². The number of rotatable bonds is 3. The normalized spacial score (nSPS) is 24.1. The Morgan fingerprint density at radius 1 is 1.33 bits per heavy atom. The molecule has 0 aromatic heterocycles. The largest absolute Gasteiger partial charge is 0.341 e. The second kappa shape index (κ2) is 4.99. The fraction of sp³-hybridized carbons (Fsp3) is 0.533. The minimum Gasteiger partial charge on any atom is -0.341 e. The monoisotopic (exact) mass is 327 g/mol. The van der Waals surface area contributed by atoms with Gasteiger partial charge in [0.05, 0.1) is 15.2 Å². The van der Waals surface area contributed by atoms with Gasteiger partial charge in [0, 0.05) is 18.5 Å². The molecule has 114 valence electrons. The van der Waals surface area contributed by atoms with E-state index in [0.29, 0.717) is 13.0 Å². The summed E-state index contributed by atoms with van der Waals surface area (Å²) in [4.78, 5) is 14.2. The molecule has 4 nitrogen and oxygen atoms in total. The lowest BCUT2D eigenvalue weighted by Crippen LogP contribution is -2.36. The molecule has 1 saturated heterocycles. The molecule has 1 amide bonds. The van der Waals surface area contributed by atoms with E-state index in [-0.39, 0.29) is 27.8 Å². The third kappa shape index (κ3) is 2.57. The van der Waals surface area contributed by atoms with Gasteiger partial charge in [-0.2, -0.15) is 0 Å². The van der Waals surface area contributed by atoms with Crippen molar-refractivity contribution in [3.8, 4) is 0 Å². The lowest BCUT2D eigenvalue weighted by atomic mass is 10.1. The number of amides is 1. The van der Waals surface area contributed by atoms with Gasteiger partial charge in [0.2, 0.25) is 5.91 Å². The van der Waals surface area contributed by atoms with Gasteiger partial charge in [-0.25, -0.2) is 8.42 Å². The molecule has 1 heterocycles. The van der Waals surface area contributed by atoms with Crippen LogP contribution in [-0.4, -0.2) is 37.6 Å². The molecule has 0 spiro atoms. The van der Waals surface area contributed by atoms with Gasteiger partial charge in [-0.05, 0) is 31.4 Å². The van der Waals surface area contributed by atoms with Gasteiger partial charge in [0.25, 0.3) is 0 Å². The molecule has 1 aliphatic carbocycles. The molecule has 1 saturated carbocycles. The van der Waals surface area contributed by atoms with Crippen LogP contribution in [0.3, 0.4) is 0 Å². The minimum absolute atomic E-state index is 0.0966. The highest BCUT2D eigenvalue weighted by Gasteiger charge is 2.49. The van der Waals surface area contributed by atoms with Crippen molar-refractivity contribution < 1.29 is 13.2 Å². The predicted octanol–water partition coefficient (Wildman–Crippen LogP) is 2.51. The van der Waals surface area contributed by atoms with Crippen LogP contribution in [0.2, 0.25) is 5.02 Å². The van der Waals surface area contributed by atoms with E-state index in [9.17, 15) is 13.2 Å². The van der Waals surface area contributed by atoms with Crippen LogP contribution in [0, 0.1) is 5.41 Å². The maximum atomic E-state index is 12.7. The summed E-state index contributed by atoms with van der Waals surface area (Å²) >= 11 is 6.01. The Kier molecular flexibility index (Phi) is 3.53. The smallest absolute Gasteiger partial charge is 0.228 e. The average molecular weight is 328 g/mol. The molecule has 1 aliphatic heterocycles. The van der Waals surface area contributed by atoms with E-state index in [2.05, 4.69) is 0 Å². The van der Waals surface area contributed by atoms with Crippen molar-refractivity contribution in [2.75, 3.05) is 13.1 Å². The topological polar surface area (TPSA) is 54.5 Å². The number of hydrogen-bond donors (Lipinski definition) is 0. The molecule has 1 aromatic carbocycles. The molecular formula is C15H18ClNO3S. The molecular weight excluding hydrogens is 310 g/mol. The number of likely N-dealkylation sites (tertiary alicyclic amines) is 1. The predicted molar refractivity (Wildman–Crippen MR) is 81.0 cm³/mol. The lowest BCUT2D eigenvalue weighted by molar-refractivity contribution is -0.135. The van der Waals surface area contributed by atoms with Gasteiger partial charge in [0.15, 0.2) is 9.84 Å². The second-order valence-corrected chi connectivity index (χ2v) is 8.80. The second-order valence-electron chi connectivity index (χ2n) is 6.20. The van der Waals surface area contributed by atoms with Crippen molar-refractivity contribution in [1.82, 2.24) is 4.90 Å². The first kappa shape index (κ1) is 14.9. The van der Waals surface area contributed by atoms with E-state index in [4.69, 9.17) is 11.6 Å². The summed E-state index contributed by atoms with van der Waals surface area (Å²) in [7, 11) is -3.49. The van der Waals surface area contributed by atoms with Gasteiger partial charge in [-0.1, -0.05) is 30.7 Å². The van der Waals surface area contributed by atoms with Crippen LogP contribution in [0.1, 0.15) is 26.2 Å². The van der Waals surface area contributed by atoms with E-state index in [1.807, 2.05) is 6.92 Å². The van der Waals surface area contributed by atoms with Gasteiger partial charge in [-0.3, -0.25) is 4.79 Å². The van der Waals surface area contributed by atoms with Crippen molar-refractivity contribution in [1.29, 1.82) is 0 Å². The molecule has 6 heteroatoms. The van der Waals surface area contributed by atoms with Gasteiger partial charge in [-0.15, -0.1) is 0 Å². The molecule has 2 fully saturated rings. The highest BCUT2D eigenvalue weighted by molar-refractivity contribution is 7.92. The van der Waals surface area contributed by atoms with Gasteiger partial charge in [0.1, 0.15) is 0 Å². The molecule has 21 heavy (non-hydrogen) atoms. The maximum absolute atomic E-state index is 12.7. The molecule has 0 N–H and O–H groups in total. The summed E-state index contributed by atoms with van der Waals surface area (Å²) in [5, 5.41) is -0.305. The highest BCUT2D eigenvalue weighted by Crippen LogP contribution is 2.47. The van der Waals surface area contributed by atoms with Crippen LogP contribution in [0.4, 0.5) is 0 Å². The van der Waals surface area contributed by atoms with Crippen molar-refractivity contribution in [2.45, 2.75) is 36.3 Å². The molecule has 1 aromatic rings. The fourth-order valence-corrected chi connectivity index (χ4v) is 5.02. The number of hydrogen-bond acceptors (Lipinski definition) is 3. The van der Waals surface area contributed by atoms with Crippen LogP contribution < -0.4 is 0 Å². The number of benzene rings is 1. The van der Waals surface area contributed by atoms with Gasteiger partial charge >= 0.3 is 0 Å². The Labute approximate surface area is 130 Å². The van der Waals surface area contributed by atoms with Crippen molar-refractivity contribution in [3.63, 3.8) is 0 Å². The standard InChI is InChI=1S/C15H18ClNO3S/c1-15(7-8-15)14(18)17-9-6-11(10-17)21(19,20)13-5-3-2-4-12(13)16/h2-5,11H,6-10H2,1H3. The first-order valence-corrected chi connectivity index (χ1v) is 9.05. The van der Waals surface area contributed by atoms with Crippen molar-refractivity contribution in [3.05, 3.63) is 29.3 Å². The fourth-order valence-electron chi connectivity index (χ4n) is 2.80. The van der Waals surface area contributed by atoms with Crippen molar-refractivity contribution >= 4 is 27.3 Å². The summed E-state index contributed by atoms with van der Waals surface area (Å²) in [6.07, 6.45) is 2.30. The Hall–Kier alpha value is -1.07. The van der Waals surface area contributed by atoms with Gasteiger partial charge < -0.3 is 4.90 Å². The zero-order valence-electron chi connectivity index (χ0n) is 11.9. The summed E-state index contributed by atoms with van der Waals surface area (Å²) in [5.41, 5.74) is -0.247. The molecule has 0 bridgehead atoms. The quantitative estimate of drug-likeness (QED) is 0.857. The SMILES string of the molecule is CC1(C(=O)N2CCC(S(=O)(=O)c3ccccc3Cl)C2)CC1. The maximum Gasteiger partial charge on any atom is 0.228 e. The third-order valence-electron chi connectivity index (χ3n) is 4.53. The third-order valence-corrected chi connectivity index (χ3v) is 7.20. The van der Waals surface area contributed by atoms with Crippen LogP contribution in [0.5, 0.6) is 0 Å². The molecule has 3 rings (SSSR count). The highest BCUT2D eigenvalue weighted by atomic mass is 35.5.